The van der Waals surface area contributed by atoms with E-state index in [1.165, 1.54) is 6.20 Å². The minimum Gasteiger partial charge on any atom is -0.340 e. The van der Waals surface area contributed by atoms with Crippen LogP contribution in [0.15, 0.2) is 30.5 Å². The van der Waals surface area contributed by atoms with E-state index in [1.807, 2.05) is 35.2 Å². The largest absolute Gasteiger partial charge is 0.340 e. The average molecular weight is 540 g/mol. The van der Waals surface area contributed by atoms with Crippen molar-refractivity contribution >= 4 is 30.9 Å². The summed E-state index contributed by atoms with van der Waals surface area (Å²) in [6.45, 7) is 6.16. The van der Waals surface area contributed by atoms with Gasteiger partial charge in [0, 0.05) is 50.4 Å². The van der Waals surface area contributed by atoms with Gasteiger partial charge in [0.15, 0.2) is 0 Å². The van der Waals surface area contributed by atoms with Crippen LogP contribution in [0.25, 0.3) is 0 Å². The van der Waals surface area contributed by atoms with Gasteiger partial charge in [-0.25, -0.2) is 9.97 Å². The zero-order valence-corrected chi connectivity index (χ0v) is 23.3. The molecule has 11 heteroatoms. The van der Waals surface area contributed by atoms with E-state index in [2.05, 4.69) is 32.2 Å². The van der Waals surface area contributed by atoms with E-state index < -0.39 is 0 Å². The number of nitriles is 1. The van der Waals surface area contributed by atoms with E-state index in [0.29, 0.717) is 22.8 Å². The highest BCUT2D eigenvalue weighted by molar-refractivity contribution is 6.35. The van der Waals surface area contributed by atoms with Crippen molar-refractivity contribution in [2.24, 2.45) is 5.92 Å². The van der Waals surface area contributed by atoms with Gasteiger partial charge in [-0.3, -0.25) is 24.9 Å². The molecule has 1 aliphatic carbocycles. The van der Waals surface area contributed by atoms with Gasteiger partial charge in [0.25, 0.3) is 5.91 Å². The smallest absolute Gasteiger partial charge is 0.269 e. The Morgan fingerprint density at radius 3 is 2.38 bits per heavy atom. The summed E-state index contributed by atoms with van der Waals surface area (Å²) < 4.78 is 0. The molecule has 1 saturated carbocycles. The SMILES string of the molecule is [B]c1cnc(C#N)nc1N(NC(=O)c1ccc(CN2CCC(C(=O)N3CCN(C)CC3)CC2)cc1)C1CCCC1. The first-order valence-electron chi connectivity index (χ1n) is 14.3. The molecule has 1 aromatic carbocycles. The highest BCUT2D eigenvalue weighted by Gasteiger charge is 2.30. The van der Waals surface area contributed by atoms with Gasteiger partial charge in [-0.15, -0.1) is 0 Å². The number of nitrogens with zero attached hydrogens (tertiary/aromatic N) is 7. The number of hydrogen-bond donors (Lipinski definition) is 1. The Morgan fingerprint density at radius 1 is 1.05 bits per heavy atom. The van der Waals surface area contributed by atoms with Gasteiger partial charge in [-0.2, -0.15) is 5.26 Å². The van der Waals surface area contributed by atoms with Crippen LogP contribution in [0.4, 0.5) is 5.82 Å². The number of rotatable bonds is 7. The van der Waals surface area contributed by atoms with E-state index in [4.69, 9.17) is 7.85 Å². The number of likely N-dealkylation sites (N-methyl/N-ethyl adjacent to an activating group) is 1. The van der Waals surface area contributed by atoms with E-state index >= 15 is 0 Å². The Kier molecular flexibility index (Phi) is 8.97. The van der Waals surface area contributed by atoms with Crippen LogP contribution in [0.5, 0.6) is 0 Å². The number of hydrogen-bond acceptors (Lipinski definition) is 8. The molecule has 0 atom stereocenters. The molecule has 10 nitrogen and oxygen atoms in total. The van der Waals surface area contributed by atoms with Crippen molar-refractivity contribution in [1.29, 1.82) is 5.26 Å². The number of carbonyl (C=O) groups is 2. The molecule has 1 N–H and O–H groups in total. The Bertz CT molecular complexity index is 1230. The van der Waals surface area contributed by atoms with Crippen LogP contribution in [0, 0.1) is 17.2 Å². The minimum absolute atomic E-state index is 0.0125. The fraction of sp³-hybridized carbons (Fsp3) is 0.552. The normalized spacial score (nSPS) is 19.4. The number of benzene rings is 1. The lowest BCUT2D eigenvalue weighted by Gasteiger charge is -2.37. The summed E-state index contributed by atoms with van der Waals surface area (Å²) in [4.78, 5) is 41.1. The van der Waals surface area contributed by atoms with Crippen LogP contribution in [-0.4, -0.2) is 96.7 Å². The van der Waals surface area contributed by atoms with E-state index in [0.717, 1.165) is 89.9 Å². The number of hydrazine groups is 1. The lowest BCUT2D eigenvalue weighted by atomic mass is 9.94. The van der Waals surface area contributed by atoms with Crippen LogP contribution in [-0.2, 0) is 11.3 Å². The first-order chi connectivity index (χ1) is 19.4. The summed E-state index contributed by atoms with van der Waals surface area (Å²) in [5, 5.41) is 11.0. The molecule has 2 aromatic rings. The van der Waals surface area contributed by atoms with Crippen molar-refractivity contribution in [2.45, 2.75) is 51.1 Å². The van der Waals surface area contributed by atoms with Gasteiger partial charge in [0.1, 0.15) is 19.7 Å². The fourth-order valence-corrected chi connectivity index (χ4v) is 5.93. The quantitative estimate of drug-likeness (QED) is 0.413. The maximum absolute atomic E-state index is 13.2. The van der Waals surface area contributed by atoms with Crippen molar-refractivity contribution in [3.8, 4) is 6.07 Å². The minimum atomic E-state index is -0.252. The van der Waals surface area contributed by atoms with Crippen LogP contribution in [0.3, 0.4) is 0 Å². The van der Waals surface area contributed by atoms with Gasteiger partial charge < -0.3 is 9.80 Å². The standard InChI is InChI=1S/C29H37BN8O2/c1-35-14-16-37(17-15-35)29(40)23-10-12-36(13-11-23)20-21-6-8-22(9-7-21)28(39)34-38(24-4-2-3-5-24)27-25(30)19-32-26(18-31)33-27/h6-9,19,23-24H,2-5,10-17,20H2,1H3,(H,34,39). The maximum Gasteiger partial charge on any atom is 0.269 e. The number of carbonyl (C=O) groups excluding carboxylic acids is 2. The van der Waals surface area contributed by atoms with E-state index in [1.54, 1.807) is 5.01 Å². The first kappa shape index (κ1) is 28.1. The fourth-order valence-electron chi connectivity index (χ4n) is 5.93. The topological polar surface area (TPSA) is 109 Å². The summed E-state index contributed by atoms with van der Waals surface area (Å²) in [5.74, 6) is 0.568. The Hall–Kier alpha value is -3.49. The third kappa shape index (κ3) is 6.62. The molecule has 0 bridgehead atoms. The number of piperidine rings is 1. The summed E-state index contributed by atoms with van der Waals surface area (Å²) in [6.07, 6.45) is 7.12. The molecule has 3 heterocycles. The average Bonchev–Trinajstić information content (AvgIpc) is 3.52. The molecule has 2 amide bonds. The van der Waals surface area contributed by atoms with Gasteiger partial charge in [-0.1, -0.05) is 25.0 Å². The second kappa shape index (κ2) is 12.8. The van der Waals surface area contributed by atoms with Crippen molar-refractivity contribution < 1.29 is 9.59 Å². The lowest BCUT2D eigenvalue weighted by Crippen LogP contribution is -2.50. The van der Waals surface area contributed by atoms with E-state index in [9.17, 15) is 14.9 Å². The number of anilines is 1. The molecule has 2 radical (unpaired) electrons. The second-order valence-electron chi connectivity index (χ2n) is 11.2. The van der Waals surface area contributed by atoms with E-state index in [-0.39, 0.29) is 23.7 Å². The van der Waals surface area contributed by atoms with Crippen LogP contribution < -0.4 is 15.9 Å². The number of amides is 2. The lowest BCUT2D eigenvalue weighted by molar-refractivity contribution is -0.138. The molecule has 2 saturated heterocycles. The number of aromatic nitrogens is 2. The Balaban J connectivity index is 1.16. The molecule has 1 aromatic heterocycles. The van der Waals surface area contributed by atoms with Gasteiger partial charge in [0.05, 0.1) is 6.04 Å². The second-order valence-corrected chi connectivity index (χ2v) is 11.2. The van der Waals surface area contributed by atoms with Gasteiger partial charge in [0.2, 0.25) is 11.7 Å². The molecule has 3 aliphatic rings. The summed E-state index contributed by atoms with van der Waals surface area (Å²) >= 11 is 0. The highest BCUT2D eigenvalue weighted by atomic mass is 16.2. The zero-order chi connectivity index (χ0) is 28.1. The summed E-state index contributed by atoms with van der Waals surface area (Å²) in [6, 6.07) is 9.66. The summed E-state index contributed by atoms with van der Waals surface area (Å²) in [7, 11) is 8.25. The predicted octanol–water partition coefficient (Wildman–Crippen LogP) is 1.22. The van der Waals surface area contributed by atoms with Crippen LogP contribution in [0.2, 0.25) is 0 Å². The third-order valence-corrected chi connectivity index (χ3v) is 8.41. The van der Waals surface area contributed by atoms with Crippen molar-refractivity contribution in [3.05, 3.63) is 47.4 Å². The van der Waals surface area contributed by atoms with Crippen molar-refractivity contribution in [1.82, 2.24) is 30.1 Å². The highest BCUT2D eigenvalue weighted by Crippen LogP contribution is 2.26. The number of nitrogens with one attached hydrogen (secondary N) is 1. The molecular weight excluding hydrogens is 503 g/mol. The molecule has 0 spiro atoms. The molecule has 40 heavy (non-hydrogen) atoms. The maximum atomic E-state index is 13.2. The number of piperazine rings is 1. The van der Waals surface area contributed by atoms with Crippen LogP contribution in [0.1, 0.15) is 60.3 Å². The summed E-state index contributed by atoms with van der Waals surface area (Å²) in [5.41, 5.74) is 4.98. The Labute approximate surface area is 237 Å². The zero-order valence-electron chi connectivity index (χ0n) is 23.3. The first-order valence-corrected chi connectivity index (χ1v) is 14.3. The molecule has 2 aliphatic heterocycles. The van der Waals surface area contributed by atoms with Crippen molar-refractivity contribution in [2.75, 3.05) is 51.3 Å². The molecule has 5 rings (SSSR count). The van der Waals surface area contributed by atoms with Gasteiger partial charge in [-0.05, 0) is 69.0 Å². The molecule has 0 unspecified atom stereocenters. The number of likely N-dealkylation sites (tertiary alicyclic amines) is 1. The molecule has 3 fully saturated rings. The molecule has 208 valence electrons. The van der Waals surface area contributed by atoms with Crippen molar-refractivity contribution in [3.63, 3.8) is 0 Å². The monoisotopic (exact) mass is 540 g/mol. The predicted molar refractivity (Wildman–Crippen MR) is 153 cm³/mol. The van der Waals surface area contributed by atoms with Gasteiger partial charge >= 0.3 is 0 Å². The molecular formula is C29H37BN8O2. The van der Waals surface area contributed by atoms with Crippen LogP contribution >= 0.6 is 0 Å². The third-order valence-electron chi connectivity index (χ3n) is 8.41. The Morgan fingerprint density at radius 2 is 1.73 bits per heavy atom.